The Morgan fingerprint density at radius 2 is 1.89 bits per heavy atom. The van der Waals surface area contributed by atoms with E-state index < -0.39 is 11.1 Å². The summed E-state index contributed by atoms with van der Waals surface area (Å²) >= 11 is -1.77. The third-order valence-corrected chi connectivity index (χ3v) is 3.54. The van der Waals surface area contributed by atoms with Gasteiger partial charge in [0.1, 0.15) is 0 Å². The van der Waals surface area contributed by atoms with Crippen LogP contribution in [0.15, 0.2) is 0 Å². The maximum absolute atomic E-state index is 10.3. The van der Waals surface area contributed by atoms with Gasteiger partial charge in [0.25, 0.3) is 0 Å². The Bertz CT molecular complexity index is 142. The molecule has 0 aromatic carbocycles. The fourth-order valence-corrected chi connectivity index (χ4v) is 2.72. The maximum Gasteiger partial charge on any atom is 1.00 e. The van der Waals surface area contributed by atoms with Crippen molar-refractivity contribution in [2.24, 2.45) is 5.92 Å². The normalized spacial score (nSPS) is 47.9. The van der Waals surface area contributed by atoms with Crippen LogP contribution in [0.4, 0.5) is 0 Å². The molecule has 3 aliphatic carbocycles. The van der Waals surface area contributed by atoms with Gasteiger partial charge in [-0.05, 0) is 36.3 Å². The number of hydrogen-bond acceptors (Lipinski definition) is 2. The van der Waals surface area contributed by atoms with E-state index in [-0.39, 0.29) is 34.3 Å². The van der Waals surface area contributed by atoms with Crippen LogP contribution in [0.25, 0.3) is 0 Å². The molecule has 4 heteroatoms. The molecule has 0 amide bonds. The van der Waals surface area contributed by atoms with Gasteiger partial charge in [0.05, 0.1) is 0 Å². The summed E-state index contributed by atoms with van der Waals surface area (Å²) < 4.78 is 20.5. The monoisotopic (exact) mass is 154 g/mol. The van der Waals surface area contributed by atoms with Crippen LogP contribution in [-0.4, -0.2) is 13.5 Å². The summed E-state index contributed by atoms with van der Waals surface area (Å²) in [6.45, 7) is 0. The van der Waals surface area contributed by atoms with E-state index >= 15 is 0 Å². The first-order valence-corrected chi connectivity index (χ1v) is 3.90. The minimum Gasteiger partial charge on any atom is -0.772 e. The van der Waals surface area contributed by atoms with Crippen LogP contribution in [0.3, 0.4) is 0 Å². The van der Waals surface area contributed by atoms with E-state index in [1.54, 1.807) is 0 Å². The molecule has 0 spiro atoms. The topological polar surface area (TPSA) is 40.1 Å². The molecular formula is C5H7NaO2S. The van der Waals surface area contributed by atoms with Crippen molar-refractivity contribution in [3.8, 4) is 0 Å². The van der Waals surface area contributed by atoms with Crippen molar-refractivity contribution in [1.29, 1.82) is 0 Å². The fraction of sp³-hybridized carbons (Fsp3) is 1.00. The third kappa shape index (κ3) is 0.942. The molecular weight excluding hydrogens is 147 g/mol. The van der Waals surface area contributed by atoms with Gasteiger partial charge in [-0.1, -0.05) is 0 Å². The fourth-order valence-electron chi connectivity index (χ4n) is 1.60. The minimum absolute atomic E-state index is 0. The van der Waals surface area contributed by atoms with Crippen LogP contribution in [0.1, 0.15) is 19.3 Å². The number of rotatable bonds is 1. The summed E-state index contributed by atoms with van der Waals surface area (Å²) in [5, 5.41) is 0. The van der Waals surface area contributed by atoms with E-state index in [0.29, 0.717) is 0 Å². The quantitative estimate of drug-likeness (QED) is 0.307. The molecule has 1 unspecified atom stereocenters. The van der Waals surface area contributed by atoms with E-state index in [1.165, 1.54) is 0 Å². The molecule has 3 rings (SSSR count). The van der Waals surface area contributed by atoms with Crippen molar-refractivity contribution in [3.05, 3.63) is 0 Å². The summed E-state index contributed by atoms with van der Waals surface area (Å²) in [7, 11) is 0. The minimum atomic E-state index is -1.77. The zero-order valence-corrected chi connectivity index (χ0v) is 8.24. The van der Waals surface area contributed by atoms with E-state index in [2.05, 4.69) is 0 Å². The molecule has 0 aromatic heterocycles. The van der Waals surface area contributed by atoms with Crippen molar-refractivity contribution in [2.45, 2.75) is 24.0 Å². The molecule has 2 nitrogen and oxygen atoms in total. The molecule has 0 saturated heterocycles. The molecule has 3 aliphatic rings. The van der Waals surface area contributed by atoms with Gasteiger partial charge in [0.2, 0.25) is 0 Å². The van der Waals surface area contributed by atoms with Crippen molar-refractivity contribution in [2.75, 3.05) is 0 Å². The zero-order chi connectivity index (χ0) is 5.78. The standard InChI is InChI=1S/C5H8O2S.Na/c6-8(7)5-1-4(2-5)3-5;/h4H,1-3H2,(H,6,7);/q;+1/p-1. The zero-order valence-electron chi connectivity index (χ0n) is 5.42. The Morgan fingerprint density at radius 1 is 1.44 bits per heavy atom. The average Bonchev–Trinajstić information content (AvgIpc) is 1.16. The largest absolute Gasteiger partial charge is 1.00 e. The van der Waals surface area contributed by atoms with Gasteiger partial charge in [-0.2, -0.15) is 0 Å². The number of hydrogen-bond donors (Lipinski definition) is 0. The Morgan fingerprint density at radius 3 is 1.89 bits per heavy atom. The molecule has 3 saturated carbocycles. The second-order valence-electron chi connectivity index (χ2n) is 2.90. The summed E-state index contributed by atoms with van der Waals surface area (Å²) in [5.74, 6) is 0.771. The van der Waals surface area contributed by atoms with E-state index in [0.717, 1.165) is 25.2 Å². The Labute approximate surface area is 79.0 Å². The predicted molar refractivity (Wildman–Crippen MR) is 29.0 cm³/mol. The van der Waals surface area contributed by atoms with Gasteiger partial charge in [0, 0.05) is 4.75 Å². The summed E-state index contributed by atoms with van der Waals surface area (Å²) in [6, 6.07) is 0. The molecule has 0 N–H and O–H groups in total. The Kier molecular flexibility index (Phi) is 2.11. The van der Waals surface area contributed by atoms with Crippen LogP contribution >= 0.6 is 0 Å². The second-order valence-corrected chi connectivity index (χ2v) is 4.23. The SMILES string of the molecule is O=S([O-])C12CC(C1)C2.[Na+]. The maximum atomic E-state index is 10.3. The van der Waals surface area contributed by atoms with Crippen molar-refractivity contribution in [1.82, 2.24) is 0 Å². The van der Waals surface area contributed by atoms with Gasteiger partial charge in [-0.15, -0.1) is 0 Å². The summed E-state index contributed by atoms with van der Waals surface area (Å²) in [6.07, 6.45) is 2.84. The molecule has 0 radical (unpaired) electrons. The van der Waals surface area contributed by atoms with Crippen LogP contribution in [0, 0.1) is 5.92 Å². The van der Waals surface area contributed by atoms with E-state index in [1.807, 2.05) is 0 Å². The van der Waals surface area contributed by atoms with Crippen LogP contribution < -0.4 is 29.6 Å². The molecule has 2 bridgehead atoms. The van der Waals surface area contributed by atoms with Gasteiger partial charge >= 0.3 is 29.6 Å². The molecule has 9 heavy (non-hydrogen) atoms. The molecule has 0 aromatic rings. The average molecular weight is 154 g/mol. The van der Waals surface area contributed by atoms with E-state index in [4.69, 9.17) is 0 Å². The Balaban J connectivity index is 0.000000405. The first kappa shape index (κ1) is 8.21. The smallest absolute Gasteiger partial charge is 0.772 e. The molecule has 46 valence electrons. The third-order valence-electron chi connectivity index (χ3n) is 2.34. The van der Waals surface area contributed by atoms with Gasteiger partial charge in [-0.25, -0.2) is 0 Å². The van der Waals surface area contributed by atoms with Crippen LogP contribution in [0.5, 0.6) is 0 Å². The molecule has 1 atom stereocenters. The van der Waals surface area contributed by atoms with E-state index in [9.17, 15) is 8.76 Å². The first-order valence-electron chi connectivity index (χ1n) is 2.82. The van der Waals surface area contributed by atoms with Gasteiger partial charge < -0.3 is 4.55 Å². The first-order chi connectivity index (χ1) is 3.73. The second kappa shape index (κ2) is 2.31. The molecule has 3 fully saturated rings. The summed E-state index contributed by atoms with van der Waals surface area (Å²) in [5.41, 5.74) is 0. The van der Waals surface area contributed by atoms with Crippen molar-refractivity contribution >= 4 is 11.1 Å². The Hall–Kier alpha value is 1.11. The van der Waals surface area contributed by atoms with Crippen LogP contribution in [0.2, 0.25) is 0 Å². The molecule has 0 heterocycles. The predicted octanol–water partition coefficient (Wildman–Crippen LogP) is -2.58. The summed E-state index contributed by atoms with van der Waals surface area (Å²) in [4.78, 5) is 0. The van der Waals surface area contributed by atoms with Gasteiger partial charge in [-0.3, -0.25) is 4.21 Å². The van der Waals surface area contributed by atoms with Gasteiger partial charge in [0.15, 0.2) is 0 Å². The van der Waals surface area contributed by atoms with Crippen molar-refractivity contribution in [3.63, 3.8) is 0 Å². The van der Waals surface area contributed by atoms with Crippen LogP contribution in [-0.2, 0) is 11.1 Å². The van der Waals surface area contributed by atoms with Crippen molar-refractivity contribution < 1.29 is 38.3 Å². The molecule has 0 aliphatic heterocycles.